The van der Waals surface area contributed by atoms with Gasteiger partial charge in [-0.1, -0.05) is 24.5 Å². The van der Waals surface area contributed by atoms with Gasteiger partial charge in [0.25, 0.3) is 0 Å². The van der Waals surface area contributed by atoms with Crippen LogP contribution in [0.25, 0.3) is 22.6 Å². The topological polar surface area (TPSA) is 110 Å². The number of nitrogens with zero attached hydrogens (tertiary/aromatic N) is 4. The Morgan fingerprint density at radius 3 is 2.65 bits per heavy atom. The molecule has 2 aromatic heterocycles. The highest BCUT2D eigenvalue weighted by atomic mass is 35.5. The Labute approximate surface area is 186 Å². The highest BCUT2D eigenvalue weighted by Crippen LogP contribution is 2.29. The third kappa shape index (κ3) is 4.96. The second kappa shape index (κ2) is 9.18. The van der Waals surface area contributed by atoms with E-state index in [4.69, 9.17) is 5.73 Å². The predicted molar refractivity (Wildman–Crippen MR) is 119 cm³/mol. The summed E-state index contributed by atoms with van der Waals surface area (Å²) in [6, 6.07) is 6.03. The summed E-state index contributed by atoms with van der Waals surface area (Å²) in [5.74, 6) is 6.13. The molecule has 1 unspecified atom stereocenters. The fourth-order valence-corrected chi connectivity index (χ4v) is 3.80. The number of halogens is 2. The highest BCUT2D eigenvalue weighted by molar-refractivity contribution is 5.86. The molecule has 0 saturated heterocycles. The van der Waals surface area contributed by atoms with Crippen molar-refractivity contribution in [3.8, 4) is 23.2 Å². The summed E-state index contributed by atoms with van der Waals surface area (Å²) in [4.78, 5) is 13.2. The van der Waals surface area contributed by atoms with E-state index in [1.54, 1.807) is 23.6 Å². The summed E-state index contributed by atoms with van der Waals surface area (Å²) in [7, 11) is 0. The minimum atomic E-state index is -1.03. The third-order valence-corrected chi connectivity index (χ3v) is 5.24. The van der Waals surface area contributed by atoms with Crippen molar-refractivity contribution in [2.75, 3.05) is 5.73 Å². The highest BCUT2D eigenvalue weighted by Gasteiger charge is 2.27. The Hall–Kier alpha value is -2.73. The van der Waals surface area contributed by atoms with Gasteiger partial charge in [0, 0.05) is 5.56 Å². The van der Waals surface area contributed by atoms with Crippen LogP contribution in [0.15, 0.2) is 24.3 Å². The third-order valence-electron chi connectivity index (χ3n) is 5.24. The van der Waals surface area contributed by atoms with Crippen molar-refractivity contribution in [3.05, 3.63) is 35.9 Å². The first-order valence-electron chi connectivity index (χ1n) is 10.1. The van der Waals surface area contributed by atoms with Crippen molar-refractivity contribution in [1.29, 1.82) is 0 Å². The number of aliphatic hydroxyl groups excluding tert-OH is 1. The summed E-state index contributed by atoms with van der Waals surface area (Å²) in [5, 5.41) is 20.6. The van der Waals surface area contributed by atoms with E-state index < -0.39 is 17.5 Å². The van der Waals surface area contributed by atoms with Gasteiger partial charge in [0.2, 0.25) is 5.82 Å². The SMILES string of the molecule is CC(O)Cn1c(-c2cccc(F)c2)nc2c(N)nc(C#CC3(O)CCCCC3)nc21.Cl. The molecule has 2 heterocycles. The van der Waals surface area contributed by atoms with Crippen LogP contribution in [-0.2, 0) is 6.54 Å². The maximum absolute atomic E-state index is 13.8. The average molecular weight is 446 g/mol. The van der Waals surface area contributed by atoms with Crippen molar-refractivity contribution in [1.82, 2.24) is 19.5 Å². The minimum absolute atomic E-state index is 0. The zero-order chi connectivity index (χ0) is 21.3. The Morgan fingerprint density at radius 1 is 1.23 bits per heavy atom. The number of nitrogen functional groups attached to an aromatic ring is 1. The molecule has 1 aliphatic carbocycles. The van der Waals surface area contributed by atoms with E-state index >= 15 is 0 Å². The molecular weight excluding hydrogens is 421 g/mol. The minimum Gasteiger partial charge on any atom is -0.392 e. The molecule has 1 saturated carbocycles. The monoisotopic (exact) mass is 445 g/mol. The van der Waals surface area contributed by atoms with Gasteiger partial charge in [0.1, 0.15) is 17.2 Å². The first-order valence-corrected chi connectivity index (χ1v) is 10.1. The maximum atomic E-state index is 13.8. The number of benzene rings is 1. The zero-order valence-electron chi connectivity index (χ0n) is 17.2. The molecule has 31 heavy (non-hydrogen) atoms. The summed E-state index contributed by atoms with van der Waals surface area (Å²) >= 11 is 0. The lowest BCUT2D eigenvalue weighted by Crippen LogP contribution is -2.29. The molecule has 4 rings (SSSR count). The quantitative estimate of drug-likeness (QED) is 0.534. The summed E-state index contributed by atoms with van der Waals surface area (Å²) in [6.45, 7) is 1.83. The number of aromatic nitrogens is 4. The molecule has 7 nitrogen and oxygen atoms in total. The van der Waals surface area contributed by atoms with Crippen LogP contribution in [0, 0.1) is 17.7 Å². The van der Waals surface area contributed by atoms with Crippen molar-refractivity contribution >= 4 is 29.4 Å². The maximum Gasteiger partial charge on any atom is 0.209 e. The van der Waals surface area contributed by atoms with E-state index in [-0.39, 0.29) is 30.6 Å². The Kier molecular flexibility index (Phi) is 6.80. The van der Waals surface area contributed by atoms with Crippen LogP contribution >= 0.6 is 12.4 Å². The Bertz CT molecular complexity index is 1150. The van der Waals surface area contributed by atoms with Crippen LogP contribution in [0.5, 0.6) is 0 Å². The van der Waals surface area contributed by atoms with Gasteiger partial charge in [0.15, 0.2) is 17.0 Å². The second-order valence-electron chi connectivity index (χ2n) is 7.85. The molecule has 1 aromatic carbocycles. The molecule has 164 valence electrons. The van der Waals surface area contributed by atoms with Crippen LogP contribution in [0.3, 0.4) is 0 Å². The standard InChI is InChI=1S/C22H24FN5O2.ClH/c1-14(29)13-28-20(15-6-5-7-16(23)12-15)27-18-19(24)25-17(26-21(18)28)8-11-22(30)9-3-2-4-10-22;/h5-7,12,14,29-30H,2-4,9-10,13H2,1H3,(H2,24,25,26);1H. The zero-order valence-corrected chi connectivity index (χ0v) is 18.0. The van der Waals surface area contributed by atoms with Gasteiger partial charge >= 0.3 is 0 Å². The van der Waals surface area contributed by atoms with E-state index in [9.17, 15) is 14.6 Å². The van der Waals surface area contributed by atoms with Gasteiger partial charge in [0.05, 0.1) is 12.6 Å². The molecule has 1 fully saturated rings. The molecule has 3 aromatic rings. The van der Waals surface area contributed by atoms with E-state index in [0.717, 1.165) is 19.3 Å². The molecule has 9 heteroatoms. The lowest BCUT2D eigenvalue weighted by atomic mass is 9.85. The van der Waals surface area contributed by atoms with Crippen molar-refractivity contribution in [2.24, 2.45) is 0 Å². The molecular formula is C22H25ClFN5O2. The van der Waals surface area contributed by atoms with Gasteiger partial charge in [-0.05, 0) is 50.7 Å². The van der Waals surface area contributed by atoms with Gasteiger partial charge in [-0.15, -0.1) is 12.4 Å². The van der Waals surface area contributed by atoms with Gasteiger partial charge in [-0.2, -0.15) is 0 Å². The number of hydrogen-bond donors (Lipinski definition) is 3. The van der Waals surface area contributed by atoms with Crippen LogP contribution in [0.4, 0.5) is 10.2 Å². The number of aliphatic hydroxyl groups is 2. The molecule has 1 atom stereocenters. The predicted octanol–water partition coefficient (Wildman–Crippen LogP) is 3.06. The van der Waals surface area contributed by atoms with Gasteiger partial charge < -0.3 is 20.5 Å². The Balaban J connectivity index is 0.00000272. The van der Waals surface area contributed by atoms with Crippen LogP contribution < -0.4 is 5.73 Å². The first kappa shape index (κ1) is 22.9. The van der Waals surface area contributed by atoms with Gasteiger partial charge in [-0.3, -0.25) is 0 Å². The largest absolute Gasteiger partial charge is 0.392 e. The van der Waals surface area contributed by atoms with E-state index in [0.29, 0.717) is 35.4 Å². The fourth-order valence-electron chi connectivity index (χ4n) is 3.80. The van der Waals surface area contributed by atoms with E-state index in [1.165, 1.54) is 12.1 Å². The average Bonchev–Trinajstić information content (AvgIpc) is 3.06. The van der Waals surface area contributed by atoms with Crippen molar-refractivity contribution < 1.29 is 14.6 Å². The molecule has 0 spiro atoms. The molecule has 0 radical (unpaired) electrons. The summed E-state index contributed by atoms with van der Waals surface area (Å²) in [6.07, 6.45) is 3.53. The van der Waals surface area contributed by atoms with Crippen molar-refractivity contribution in [3.63, 3.8) is 0 Å². The second-order valence-corrected chi connectivity index (χ2v) is 7.85. The number of hydrogen-bond acceptors (Lipinski definition) is 6. The first-order chi connectivity index (χ1) is 14.3. The lowest BCUT2D eigenvalue weighted by molar-refractivity contribution is 0.0610. The fraction of sp³-hybridized carbons (Fsp3) is 0.409. The number of imidazole rings is 1. The van der Waals surface area contributed by atoms with Crippen LogP contribution in [-0.4, -0.2) is 41.4 Å². The smallest absolute Gasteiger partial charge is 0.209 e. The molecule has 1 aliphatic rings. The van der Waals surface area contributed by atoms with Gasteiger partial charge in [-0.25, -0.2) is 19.3 Å². The van der Waals surface area contributed by atoms with Crippen LogP contribution in [0.2, 0.25) is 0 Å². The number of anilines is 1. The summed E-state index contributed by atoms with van der Waals surface area (Å²) in [5.41, 5.74) is 6.40. The lowest BCUT2D eigenvalue weighted by Gasteiger charge is -2.26. The van der Waals surface area contributed by atoms with Crippen LogP contribution in [0.1, 0.15) is 44.9 Å². The Morgan fingerprint density at radius 2 is 1.97 bits per heavy atom. The number of fused-ring (bicyclic) bond motifs is 1. The summed E-state index contributed by atoms with van der Waals surface area (Å²) < 4.78 is 15.5. The van der Waals surface area contributed by atoms with E-state index in [2.05, 4.69) is 26.8 Å². The number of nitrogens with two attached hydrogens (primary N) is 1. The van der Waals surface area contributed by atoms with E-state index in [1.807, 2.05) is 0 Å². The molecule has 0 bridgehead atoms. The normalized spacial score (nSPS) is 16.3. The number of rotatable bonds is 3. The molecule has 0 aliphatic heterocycles. The molecule has 0 amide bonds. The van der Waals surface area contributed by atoms with Crippen molar-refractivity contribution in [2.45, 2.75) is 57.3 Å². The molecule has 4 N–H and O–H groups in total.